The molecule has 3 heteroatoms. The minimum Gasteiger partial charge on any atom is -0.380 e. The molecule has 0 aliphatic rings. The molecule has 112 valence electrons. The standard InChI is InChI=1S/C19H20N2O/c1-14-7-3-4-8-15(14)12-20-19-11-16(13-22-2)21-18-10-6-5-9-17(18)19/h3-11H,12-13H2,1-2H3,(H,20,21). The minimum atomic E-state index is 0.518. The SMILES string of the molecule is COCc1cc(NCc2ccccc2C)c2ccccc2n1. The molecule has 3 nitrogen and oxygen atoms in total. The normalized spacial score (nSPS) is 10.8. The zero-order valence-electron chi connectivity index (χ0n) is 13.0. The third-order valence-corrected chi connectivity index (χ3v) is 3.79. The Labute approximate surface area is 131 Å². The van der Waals surface area contributed by atoms with Gasteiger partial charge in [-0.3, -0.25) is 4.98 Å². The minimum absolute atomic E-state index is 0.518. The Morgan fingerprint density at radius 1 is 1.05 bits per heavy atom. The maximum atomic E-state index is 5.22. The number of methoxy groups -OCH3 is 1. The van der Waals surface area contributed by atoms with Gasteiger partial charge in [0, 0.05) is 24.7 Å². The molecule has 3 rings (SSSR count). The highest BCUT2D eigenvalue weighted by atomic mass is 16.5. The molecule has 22 heavy (non-hydrogen) atoms. The van der Waals surface area contributed by atoms with Crippen molar-refractivity contribution in [2.75, 3.05) is 12.4 Å². The highest BCUT2D eigenvalue weighted by molar-refractivity contribution is 5.91. The summed E-state index contributed by atoms with van der Waals surface area (Å²) < 4.78 is 5.22. The van der Waals surface area contributed by atoms with Crippen LogP contribution in [0.4, 0.5) is 5.69 Å². The van der Waals surface area contributed by atoms with Gasteiger partial charge in [-0.2, -0.15) is 0 Å². The number of fused-ring (bicyclic) bond motifs is 1. The third-order valence-electron chi connectivity index (χ3n) is 3.79. The fraction of sp³-hybridized carbons (Fsp3) is 0.211. The van der Waals surface area contributed by atoms with Crippen LogP contribution in [-0.2, 0) is 17.9 Å². The third kappa shape index (κ3) is 3.10. The summed E-state index contributed by atoms with van der Waals surface area (Å²) in [5.41, 5.74) is 5.63. The first-order valence-electron chi connectivity index (χ1n) is 7.44. The fourth-order valence-electron chi connectivity index (χ4n) is 2.60. The molecule has 1 N–H and O–H groups in total. The summed E-state index contributed by atoms with van der Waals surface area (Å²) in [6.45, 7) is 3.45. The molecule has 2 aromatic carbocycles. The number of anilines is 1. The number of pyridine rings is 1. The molecular formula is C19H20N2O. The van der Waals surface area contributed by atoms with Gasteiger partial charge in [0.05, 0.1) is 17.8 Å². The van der Waals surface area contributed by atoms with Gasteiger partial charge in [-0.25, -0.2) is 0 Å². The van der Waals surface area contributed by atoms with Crippen LogP contribution in [0.2, 0.25) is 0 Å². The van der Waals surface area contributed by atoms with Crippen molar-refractivity contribution in [3.05, 3.63) is 71.4 Å². The number of nitrogens with one attached hydrogen (secondary N) is 1. The van der Waals surface area contributed by atoms with Crippen LogP contribution < -0.4 is 5.32 Å². The van der Waals surface area contributed by atoms with E-state index in [4.69, 9.17) is 4.74 Å². The van der Waals surface area contributed by atoms with Gasteiger partial charge < -0.3 is 10.1 Å². The Kier molecular flexibility index (Phi) is 4.35. The van der Waals surface area contributed by atoms with Gasteiger partial charge in [-0.15, -0.1) is 0 Å². The maximum Gasteiger partial charge on any atom is 0.0885 e. The highest BCUT2D eigenvalue weighted by Gasteiger charge is 2.06. The largest absolute Gasteiger partial charge is 0.380 e. The van der Waals surface area contributed by atoms with E-state index in [0.717, 1.165) is 28.8 Å². The molecule has 3 aromatic rings. The van der Waals surface area contributed by atoms with Crippen molar-refractivity contribution in [1.82, 2.24) is 4.98 Å². The Morgan fingerprint density at radius 2 is 1.82 bits per heavy atom. The zero-order valence-corrected chi connectivity index (χ0v) is 13.0. The molecule has 0 saturated heterocycles. The fourth-order valence-corrected chi connectivity index (χ4v) is 2.60. The quantitative estimate of drug-likeness (QED) is 0.761. The predicted molar refractivity (Wildman–Crippen MR) is 91.0 cm³/mol. The first-order chi connectivity index (χ1) is 10.8. The lowest BCUT2D eigenvalue weighted by Gasteiger charge is -2.13. The summed E-state index contributed by atoms with van der Waals surface area (Å²) in [6, 6.07) is 18.7. The summed E-state index contributed by atoms with van der Waals surface area (Å²) in [5.74, 6) is 0. The maximum absolute atomic E-state index is 5.22. The van der Waals surface area contributed by atoms with Crippen molar-refractivity contribution in [3.8, 4) is 0 Å². The monoisotopic (exact) mass is 292 g/mol. The molecule has 0 bridgehead atoms. The molecule has 0 saturated carbocycles. The Hall–Kier alpha value is -2.39. The van der Waals surface area contributed by atoms with E-state index in [2.05, 4.69) is 53.6 Å². The van der Waals surface area contributed by atoms with E-state index < -0.39 is 0 Å². The Balaban J connectivity index is 1.93. The van der Waals surface area contributed by atoms with Crippen LogP contribution in [0.25, 0.3) is 10.9 Å². The summed E-state index contributed by atoms with van der Waals surface area (Å²) in [4.78, 5) is 4.63. The number of aromatic nitrogens is 1. The lowest BCUT2D eigenvalue weighted by molar-refractivity contribution is 0.182. The molecule has 0 amide bonds. The molecule has 0 aliphatic heterocycles. The second kappa shape index (κ2) is 6.58. The Bertz CT molecular complexity index is 783. The van der Waals surface area contributed by atoms with Gasteiger partial charge in [-0.05, 0) is 30.2 Å². The van der Waals surface area contributed by atoms with E-state index in [1.807, 2.05) is 18.2 Å². The highest BCUT2D eigenvalue weighted by Crippen LogP contribution is 2.24. The molecule has 0 aliphatic carbocycles. The number of para-hydroxylation sites is 1. The second-order valence-electron chi connectivity index (χ2n) is 5.39. The van der Waals surface area contributed by atoms with Crippen LogP contribution in [0, 0.1) is 6.92 Å². The van der Waals surface area contributed by atoms with E-state index in [1.165, 1.54) is 11.1 Å². The van der Waals surface area contributed by atoms with Gasteiger partial charge in [0.2, 0.25) is 0 Å². The second-order valence-corrected chi connectivity index (χ2v) is 5.39. The molecular weight excluding hydrogens is 272 g/mol. The van der Waals surface area contributed by atoms with Crippen LogP contribution in [0.5, 0.6) is 0 Å². The van der Waals surface area contributed by atoms with Gasteiger partial charge in [0.1, 0.15) is 0 Å². The van der Waals surface area contributed by atoms with Crippen molar-refractivity contribution < 1.29 is 4.74 Å². The smallest absolute Gasteiger partial charge is 0.0885 e. The lowest BCUT2D eigenvalue weighted by Crippen LogP contribution is -2.04. The number of aryl methyl sites for hydroxylation is 1. The summed E-state index contributed by atoms with van der Waals surface area (Å²) in [6.07, 6.45) is 0. The van der Waals surface area contributed by atoms with Gasteiger partial charge in [0.15, 0.2) is 0 Å². The van der Waals surface area contributed by atoms with E-state index in [-0.39, 0.29) is 0 Å². The first-order valence-corrected chi connectivity index (χ1v) is 7.44. The molecule has 0 fully saturated rings. The van der Waals surface area contributed by atoms with Crippen LogP contribution in [0.15, 0.2) is 54.6 Å². The Morgan fingerprint density at radius 3 is 2.64 bits per heavy atom. The first kappa shape index (κ1) is 14.5. The zero-order chi connectivity index (χ0) is 15.4. The molecule has 0 unspecified atom stereocenters. The van der Waals surface area contributed by atoms with Crippen LogP contribution >= 0.6 is 0 Å². The number of hydrogen-bond donors (Lipinski definition) is 1. The van der Waals surface area contributed by atoms with Crippen molar-refractivity contribution in [2.24, 2.45) is 0 Å². The molecule has 1 heterocycles. The molecule has 1 aromatic heterocycles. The number of ether oxygens (including phenoxy) is 1. The lowest BCUT2D eigenvalue weighted by atomic mass is 10.1. The van der Waals surface area contributed by atoms with Crippen molar-refractivity contribution in [1.29, 1.82) is 0 Å². The average molecular weight is 292 g/mol. The van der Waals surface area contributed by atoms with E-state index in [1.54, 1.807) is 7.11 Å². The molecule has 0 radical (unpaired) electrons. The molecule has 0 spiro atoms. The van der Waals surface area contributed by atoms with Crippen LogP contribution in [0.3, 0.4) is 0 Å². The number of benzene rings is 2. The van der Waals surface area contributed by atoms with Crippen molar-refractivity contribution in [3.63, 3.8) is 0 Å². The summed E-state index contributed by atoms with van der Waals surface area (Å²) >= 11 is 0. The molecule has 0 atom stereocenters. The summed E-state index contributed by atoms with van der Waals surface area (Å²) in [5, 5.41) is 4.68. The van der Waals surface area contributed by atoms with Gasteiger partial charge in [0.25, 0.3) is 0 Å². The van der Waals surface area contributed by atoms with E-state index in [0.29, 0.717) is 6.61 Å². The topological polar surface area (TPSA) is 34.1 Å². The van der Waals surface area contributed by atoms with Crippen molar-refractivity contribution >= 4 is 16.6 Å². The number of nitrogens with zero attached hydrogens (tertiary/aromatic N) is 1. The van der Waals surface area contributed by atoms with Crippen LogP contribution in [-0.4, -0.2) is 12.1 Å². The average Bonchev–Trinajstić information content (AvgIpc) is 2.54. The number of hydrogen-bond acceptors (Lipinski definition) is 3. The van der Waals surface area contributed by atoms with Crippen molar-refractivity contribution in [2.45, 2.75) is 20.1 Å². The van der Waals surface area contributed by atoms with Crippen LogP contribution in [0.1, 0.15) is 16.8 Å². The summed E-state index contributed by atoms with van der Waals surface area (Å²) in [7, 11) is 1.69. The van der Waals surface area contributed by atoms with Gasteiger partial charge >= 0.3 is 0 Å². The van der Waals surface area contributed by atoms with E-state index >= 15 is 0 Å². The van der Waals surface area contributed by atoms with Gasteiger partial charge in [-0.1, -0.05) is 42.5 Å². The number of rotatable bonds is 5. The predicted octanol–water partition coefficient (Wildman–Crippen LogP) is 4.30. The van der Waals surface area contributed by atoms with E-state index in [9.17, 15) is 0 Å².